The van der Waals surface area contributed by atoms with Crippen molar-refractivity contribution in [1.82, 2.24) is 19.8 Å². The summed E-state index contributed by atoms with van der Waals surface area (Å²) in [7, 11) is 0. The highest BCUT2D eigenvalue weighted by Crippen LogP contribution is 2.18. The van der Waals surface area contributed by atoms with E-state index in [9.17, 15) is 0 Å². The van der Waals surface area contributed by atoms with Crippen LogP contribution in [0.4, 0.5) is 0 Å². The van der Waals surface area contributed by atoms with Gasteiger partial charge in [-0.2, -0.15) is 9.61 Å². The van der Waals surface area contributed by atoms with Crippen LogP contribution in [0.2, 0.25) is 0 Å². The molecule has 0 bridgehead atoms. The molecule has 112 valence electrons. The van der Waals surface area contributed by atoms with E-state index in [1.165, 1.54) is 16.9 Å². The molecule has 23 heavy (non-hydrogen) atoms. The summed E-state index contributed by atoms with van der Waals surface area (Å²) in [6, 6.07) is 20.4. The van der Waals surface area contributed by atoms with E-state index < -0.39 is 0 Å². The van der Waals surface area contributed by atoms with Crippen LogP contribution in [0.5, 0.6) is 0 Å². The van der Waals surface area contributed by atoms with Crippen molar-refractivity contribution in [2.45, 2.75) is 6.42 Å². The minimum absolute atomic E-state index is 0.730. The number of benzene rings is 2. The van der Waals surface area contributed by atoms with Crippen LogP contribution < -0.4 is 0 Å². The lowest BCUT2D eigenvalue weighted by molar-refractivity contribution is 0.848. The molecule has 0 aliphatic heterocycles. The van der Waals surface area contributed by atoms with Crippen molar-refractivity contribution in [3.05, 3.63) is 82.6 Å². The molecule has 2 aromatic heterocycles. The molecule has 0 saturated carbocycles. The van der Waals surface area contributed by atoms with Gasteiger partial charge in [0, 0.05) is 6.42 Å². The lowest BCUT2D eigenvalue weighted by Crippen LogP contribution is -1.97. The van der Waals surface area contributed by atoms with Gasteiger partial charge in [-0.25, -0.2) is 0 Å². The highest BCUT2D eigenvalue weighted by Gasteiger charge is 2.10. The number of fused-ring (bicyclic) bond motifs is 1. The second-order valence-electron chi connectivity index (χ2n) is 5.16. The molecule has 0 unspecified atom stereocenters. The first-order valence-electron chi connectivity index (χ1n) is 7.37. The van der Waals surface area contributed by atoms with E-state index in [1.54, 1.807) is 0 Å². The Morgan fingerprint density at radius 1 is 0.870 bits per heavy atom. The van der Waals surface area contributed by atoms with Crippen LogP contribution >= 0.6 is 11.3 Å². The molecule has 0 saturated heterocycles. The van der Waals surface area contributed by atoms with Crippen molar-refractivity contribution in [1.29, 1.82) is 0 Å². The first-order valence-corrected chi connectivity index (χ1v) is 8.18. The fraction of sp³-hybridized carbons (Fsp3) is 0.0556. The van der Waals surface area contributed by atoms with Crippen molar-refractivity contribution in [2.75, 3.05) is 0 Å². The standard InChI is InChI=1S/C18H14N4S/c1-3-7-14(8-4-1)11-12-17-21-22-16(19-20-18(22)23-17)13-15-9-5-2-6-10-15/h1-12H,13H2. The van der Waals surface area contributed by atoms with Crippen molar-refractivity contribution < 1.29 is 0 Å². The van der Waals surface area contributed by atoms with Crippen LogP contribution in [0.3, 0.4) is 0 Å². The van der Waals surface area contributed by atoms with Crippen LogP contribution in [0.25, 0.3) is 17.1 Å². The Kier molecular flexibility index (Phi) is 3.70. The number of rotatable bonds is 4. The number of aromatic nitrogens is 4. The van der Waals surface area contributed by atoms with E-state index in [-0.39, 0.29) is 0 Å². The summed E-state index contributed by atoms with van der Waals surface area (Å²) in [5, 5.41) is 14.0. The summed E-state index contributed by atoms with van der Waals surface area (Å²) in [4.78, 5) is 0.823. The lowest BCUT2D eigenvalue weighted by Gasteiger charge is -1.96. The fourth-order valence-electron chi connectivity index (χ4n) is 2.36. The Hall–Kier alpha value is -2.79. The third-order valence-corrected chi connectivity index (χ3v) is 4.36. The Bertz CT molecular complexity index is 939. The molecule has 0 atom stereocenters. The first kappa shape index (κ1) is 13.8. The van der Waals surface area contributed by atoms with Gasteiger partial charge in [0.1, 0.15) is 5.01 Å². The zero-order valence-electron chi connectivity index (χ0n) is 12.3. The number of nitrogens with zero attached hydrogens (tertiary/aromatic N) is 4. The van der Waals surface area contributed by atoms with Gasteiger partial charge in [0.05, 0.1) is 0 Å². The first-order chi connectivity index (χ1) is 11.4. The predicted molar refractivity (Wildman–Crippen MR) is 93.3 cm³/mol. The normalized spacial score (nSPS) is 11.5. The van der Waals surface area contributed by atoms with Gasteiger partial charge < -0.3 is 0 Å². The summed E-state index contributed by atoms with van der Waals surface area (Å²) in [6.07, 6.45) is 4.80. The van der Waals surface area contributed by atoms with Gasteiger partial charge in [-0.15, -0.1) is 10.2 Å². The number of hydrogen-bond acceptors (Lipinski definition) is 4. The maximum atomic E-state index is 4.61. The summed E-state index contributed by atoms with van der Waals surface area (Å²) in [5.74, 6) is 0.863. The third-order valence-electron chi connectivity index (χ3n) is 3.49. The molecule has 0 aliphatic rings. The SMILES string of the molecule is C(=Cc1nn2c(Cc3ccccc3)nnc2s1)c1ccccc1. The molecule has 4 nitrogen and oxygen atoms in total. The minimum atomic E-state index is 0.730. The molecule has 5 heteroatoms. The number of hydrogen-bond donors (Lipinski definition) is 0. The fourth-order valence-corrected chi connectivity index (χ4v) is 3.12. The van der Waals surface area contributed by atoms with Gasteiger partial charge in [0.2, 0.25) is 4.96 Å². The second kappa shape index (κ2) is 6.14. The molecule has 4 rings (SSSR count). The summed E-state index contributed by atoms with van der Waals surface area (Å²) >= 11 is 1.54. The Labute approximate surface area is 137 Å². The molecular formula is C18H14N4S. The van der Waals surface area contributed by atoms with Crippen molar-refractivity contribution in [3.8, 4) is 0 Å². The molecular weight excluding hydrogens is 304 g/mol. The smallest absolute Gasteiger partial charge is 0.187 e. The molecule has 0 N–H and O–H groups in total. The highest BCUT2D eigenvalue weighted by atomic mass is 32.1. The maximum Gasteiger partial charge on any atom is 0.234 e. The third kappa shape index (κ3) is 3.05. The van der Waals surface area contributed by atoms with Gasteiger partial charge in [-0.3, -0.25) is 0 Å². The summed E-state index contributed by atoms with van der Waals surface area (Å²) in [5.41, 5.74) is 2.36. The average Bonchev–Trinajstić information content (AvgIpc) is 3.17. The van der Waals surface area contributed by atoms with Crippen molar-refractivity contribution in [2.24, 2.45) is 0 Å². The van der Waals surface area contributed by atoms with Gasteiger partial charge >= 0.3 is 0 Å². The Morgan fingerprint density at radius 3 is 2.39 bits per heavy atom. The molecule has 2 aromatic carbocycles. The van der Waals surface area contributed by atoms with E-state index in [1.807, 2.05) is 47.0 Å². The van der Waals surface area contributed by atoms with Gasteiger partial charge in [0.25, 0.3) is 0 Å². The van der Waals surface area contributed by atoms with Gasteiger partial charge in [0.15, 0.2) is 5.82 Å². The van der Waals surface area contributed by atoms with Crippen LogP contribution in [-0.4, -0.2) is 19.8 Å². The molecule has 2 heterocycles. The molecule has 0 fully saturated rings. The van der Waals surface area contributed by atoms with E-state index >= 15 is 0 Å². The monoisotopic (exact) mass is 318 g/mol. The maximum absolute atomic E-state index is 4.61. The quantitative estimate of drug-likeness (QED) is 0.572. The largest absolute Gasteiger partial charge is 0.234 e. The molecule has 0 amide bonds. The minimum Gasteiger partial charge on any atom is -0.187 e. The zero-order valence-corrected chi connectivity index (χ0v) is 13.1. The van der Waals surface area contributed by atoms with E-state index in [4.69, 9.17) is 0 Å². The second-order valence-corrected chi connectivity index (χ2v) is 6.14. The van der Waals surface area contributed by atoms with Crippen LogP contribution in [0.1, 0.15) is 22.0 Å². The van der Waals surface area contributed by atoms with Crippen LogP contribution in [-0.2, 0) is 6.42 Å². The summed E-state index contributed by atoms with van der Waals surface area (Å²) < 4.78 is 1.84. The van der Waals surface area contributed by atoms with Crippen molar-refractivity contribution in [3.63, 3.8) is 0 Å². The lowest BCUT2D eigenvalue weighted by atomic mass is 10.1. The topological polar surface area (TPSA) is 43.1 Å². The predicted octanol–water partition coefficient (Wildman–Crippen LogP) is 3.95. The van der Waals surface area contributed by atoms with E-state index in [2.05, 4.69) is 45.6 Å². The van der Waals surface area contributed by atoms with Crippen LogP contribution in [0.15, 0.2) is 60.7 Å². The Balaban J connectivity index is 1.60. The zero-order chi connectivity index (χ0) is 15.5. The van der Waals surface area contributed by atoms with E-state index in [0.29, 0.717) is 0 Å². The molecule has 0 aliphatic carbocycles. The van der Waals surface area contributed by atoms with Crippen LogP contribution in [0, 0.1) is 0 Å². The summed E-state index contributed by atoms with van der Waals surface area (Å²) in [6.45, 7) is 0. The average molecular weight is 318 g/mol. The molecule has 4 aromatic rings. The van der Waals surface area contributed by atoms with Crippen molar-refractivity contribution >= 4 is 28.4 Å². The molecule has 0 radical (unpaired) electrons. The Morgan fingerprint density at radius 2 is 1.61 bits per heavy atom. The van der Waals surface area contributed by atoms with Gasteiger partial charge in [-0.05, 0) is 17.2 Å². The van der Waals surface area contributed by atoms with Gasteiger partial charge in [-0.1, -0.05) is 78.1 Å². The van der Waals surface area contributed by atoms with E-state index in [0.717, 1.165) is 27.8 Å². The molecule has 0 spiro atoms. The highest BCUT2D eigenvalue weighted by molar-refractivity contribution is 7.17.